The number of hydrogen-bond donors (Lipinski definition) is 0. The summed E-state index contributed by atoms with van der Waals surface area (Å²) >= 11 is 0. The average molecular weight is 307 g/mol. The van der Waals surface area contributed by atoms with Crippen LogP contribution in [0.25, 0.3) is 11.5 Å². The van der Waals surface area contributed by atoms with Gasteiger partial charge < -0.3 is 9.15 Å². The van der Waals surface area contributed by atoms with E-state index in [4.69, 9.17) is 9.15 Å². The molecule has 0 aliphatic carbocycles. The first-order chi connectivity index (χ1) is 11.0. The molecular formula is C20H21NO2. The summed E-state index contributed by atoms with van der Waals surface area (Å²) in [5.74, 6) is 2.30. The number of nitrogens with zero attached hydrogens (tertiary/aromatic N) is 1. The molecule has 0 spiro atoms. The van der Waals surface area contributed by atoms with Gasteiger partial charge in [0.1, 0.15) is 23.8 Å². The van der Waals surface area contributed by atoms with Crippen LogP contribution in [0.3, 0.4) is 0 Å². The van der Waals surface area contributed by atoms with Crippen LogP contribution in [0.4, 0.5) is 0 Å². The van der Waals surface area contributed by atoms with Crippen molar-refractivity contribution in [2.45, 2.75) is 34.3 Å². The van der Waals surface area contributed by atoms with Gasteiger partial charge in [-0.2, -0.15) is 0 Å². The topological polar surface area (TPSA) is 35.3 Å². The summed E-state index contributed by atoms with van der Waals surface area (Å²) in [7, 11) is 0. The fourth-order valence-corrected chi connectivity index (χ4v) is 2.64. The maximum Gasteiger partial charge on any atom is 0.226 e. The number of ether oxygens (including phenoxy) is 1. The molecular weight excluding hydrogens is 286 g/mol. The minimum atomic E-state index is 0.406. The summed E-state index contributed by atoms with van der Waals surface area (Å²) in [5.41, 5.74) is 5.42. The number of aromatic nitrogens is 1. The zero-order valence-corrected chi connectivity index (χ0v) is 14.0. The lowest BCUT2D eigenvalue weighted by Gasteiger charge is -2.04. The Balaban J connectivity index is 1.81. The largest absolute Gasteiger partial charge is 0.487 e. The Morgan fingerprint density at radius 3 is 2.35 bits per heavy atom. The van der Waals surface area contributed by atoms with E-state index < -0.39 is 0 Å². The van der Waals surface area contributed by atoms with Crippen molar-refractivity contribution in [1.29, 1.82) is 0 Å². The number of rotatable bonds is 4. The van der Waals surface area contributed by atoms with Gasteiger partial charge in [-0.1, -0.05) is 29.3 Å². The number of hydrogen-bond acceptors (Lipinski definition) is 3. The lowest BCUT2D eigenvalue weighted by molar-refractivity contribution is 0.299. The first-order valence-corrected chi connectivity index (χ1v) is 7.76. The predicted octanol–water partition coefficient (Wildman–Crippen LogP) is 5.15. The van der Waals surface area contributed by atoms with Crippen molar-refractivity contribution in [3.63, 3.8) is 0 Å². The van der Waals surface area contributed by atoms with Crippen LogP contribution in [0, 0.1) is 27.7 Å². The van der Waals surface area contributed by atoms with Gasteiger partial charge in [0, 0.05) is 5.56 Å². The highest BCUT2D eigenvalue weighted by Crippen LogP contribution is 2.25. The second-order valence-corrected chi connectivity index (χ2v) is 6.00. The molecule has 0 aliphatic rings. The SMILES string of the molecule is Cc1cccc(OCc2nc(-c3cc(C)cc(C)c3)oc2C)c1. The molecule has 3 aromatic rings. The zero-order valence-electron chi connectivity index (χ0n) is 14.0. The molecule has 0 aliphatic heterocycles. The van der Waals surface area contributed by atoms with E-state index in [9.17, 15) is 0 Å². The summed E-state index contributed by atoms with van der Waals surface area (Å²) in [4.78, 5) is 4.61. The Morgan fingerprint density at radius 1 is 0.913 bits per heavy atom. The monoisotopic (exact) mass is 307 g/mol. The van der Waals surface area contributed by atoms with E-state index in [1.54, 1.807) is 0 Å². The lowest BCUT2D eigenvalue weighted by atomic mass is 10.1. The molecule has 0 atom stereocenters. The van der Waals surface area contributed by atoms with Crippen molar-refractivity contribution >= 4 is 0 Å². The van der Waals surface area contributed by atoms with Crippen molar-refractivity contribution in [2.24, 2.45) is 0 Å². The molecule has 0 N–H and O–H groups in total. The summed E-state index contributed by atoms with van der Waals surface area (Å²) in [6.45, 7) is 8.53. The normalized spacial score (nSPS) is 10.8. The van der Waals surface area contributed by atoms with Crippen LogP contribution < -0.4 is 4.74 Å². The Morgan fingerprint density at radius 2 is 1.65 bits per heavy atom. The molecule has 118 valence electrons. The highest BCUT2D eigenvalue weighted by atomic mass is 16.5. The van der Waals surface area contributed by atoms with Gasteiger partial charge in [-0.15, -0.1) is 0 Å². The molecule has 0 fully saturated rings. The summed E-state index contributed by atoms with van der Waals surface area (Å²) < 4.78 is 11.7. The molecule has 0 saturated carbocycles. The molecule has 0 unspecified atom stereocenters. The Labute approximate surface area is 136 Å². The van der Waals surface area contributed by atoms with Crippen LogP contribution >= 0.6 is 0 Å². The van der Waals surface area contributed by atoms with Crippen LogP contribution in [0.15, 0.2) is 46.9 Å². The van der Waals surface area contributed by atoms with Gasteiger partial charge in [0.2, 0.25) is 5.89 Å². The second kappa shape index (κ2) is 6.29. The third-order valence-electron chi connectivity index (χ3n) is 3.73. The Bertz CT molecular complexity index is 813. The van der Waals surface area contributed by atoms with Crippen LogP contribution in [-0.2, 0) is 6.61 Å². The molecule has 3 rings (SSSR count). The van der Waals surface area contributed by atoms with E-state index in [0.717, 1.165) is 22.8 Å². The maximum atomic E-state index is 5.83. The molecule has 23 heavy (non-hydrogen) atoms. The third kappa shape index (κ3) is 3.62. The molecule has 0 saturated heterocycles. The Hall–Kier alpha value is -2.55. The van der Waals surface area contributed by atoms with E-state index in [0.29, 0.717) is 12.5 Å². The summed E-state index contributed by atoms with van der Waals surface area (Å²) in [6, 6.07) is 14.3. The van der Waals surface area contributed by atoms with E-state index in [-0.39, 0.29) is 0 Å². The van der Waals surface area contributed by atoms with Gasteiger partial charge in [0.05, 0.1) is 0 Å². The van der Waals surface area contributed by atoms with Gasteiger partial charge in [-0.05, 0) is 57.5 Å². The summed E-state index contributed by atoms with van der Waals surface area (Å²) in [5, 5.41) is 0. The lowest BCUT2D eigenvalue weighted by Crippen LogP contribution is -1.97. The van der Waals surface area contributed by atoms with Gasteiger partial charge in [0.15, 0.2) is 0 Å². The van der Waals surface area contributed by atoms with Gasteiger partial charge in [0.25, 0.3) is 0 Å². The Kier molecular flexibility index (Phi) is 4.20. The number of aryl methyl sites for hydroxylation is 4. The fraction of sp³-hybridized carbons (Fsp3) is 0.250. The summed E-state index contributed by atoms with van der Waals surface area (Å²) in [6.07, 6.45) is 0. The molecule has 3 nitrogen and oxygen atoms in total. The minimum absolute atomic E-state index is 0.406. The van der Waals surface area contributed by atoms with Crippen molar-refractivity contribution in [1.82, 2.24) is 4.98 Å². The third-order valence-corrected chi connectivity index (χ3v) is 3.73. The van der Waals surface area contributed by atoms with E-state index in [2.05, 4.69) is 37.0 Å². The molecule has 0 bridgehead atoms. The quantitative estimate of drug-likeness (QED) is 0.668. The molecule has 0 amide bonds. The maximum absolute atomic E-state index is 5.83. The average Bonchev–Trinajstić information content (AvgIpc) is 2.85. The van der Waals surface area contributed by atoms with E-state index >= 15 is 0 Å². The van der Waals surface area contributed by atoms with Crippen molar-refractivity contribution < 1.29 is 9.15 Å². The van der Waals surface area contributed by atoms with Crippen LogP contribution in [-0.4, -0.2) is 4.98 Å². The van der Waals surface area contributed by atoms with Crippen molar-refractivity contribution in [3.8, 4) is 17.2 Å². The molecule has 2 aromatic carbocycles. The van der Waals surface area contributed by atoms with Crippen LogP contribution in [0.1, 0.15) is 28.1 Å². The fourth-order valence-electron chi connectivity index (χ4n) is 2.64. The van der Waals surface area contributed by atoms with E-state index in [1.807, 2.05) is 38.1 Å². The second-order valence-electron chi connectivity index (χ2n) is 6.00. The predicted molar refractivity (Wildman–Crippen MR) is 91.7 cm³/mol. The highest BCUT2D eigenvalue weighted by Gasteiger charge is 2.12. The van der Waals surface area contributed by atoms with Crippen molar-refractivity contribution in [3.05, 3.63) is 70.6 Å². The number of benzene rings is 2. The zero-order chi connectivity index (χ0) is 16.4. The van der Waals surface area contributed by atoms with Crippen LogP contribution in [0.2, 0.25) is 0 Å². The van der Waals surface area contributed by atoms with Gasteiger partial charge in [-0.25, -0.2) is 4.98 Å². The smallest absolute Gasteiger partial charge is 0.226 e. The first-order valence-electron chi connectivity index (χ1n) is 7.76. The van der Waals surface area contributed by atoms with Gasteiger partial charge in [-0.3, -0.25) is 0 Å². The highest BCUT2D eigenvalue weighted by molar-refractivity contribution is 5.56. The first kappa shape index (κ1) is 15.3. The minimum Gasteiger partial charge on any atom is -0.487 e. The number of oxazole rings is 1. The molecule has 1 heterocycles. The molecule has 3 heteroatoms. The van der Waals surface area contributed by atoms with Crippen LogP contribution in [0.5, 0.6) is 5.75 Å². The van der Waals surface area contributed by atoms with Crippen molar-refractivity contribution in [2.75, 3.05) is 0 Å². The van der Waals surface area contributed by atoms with Gasteiger partial charge >= 0.3 is 0 Å². The molecule has 1 aromatic heterocycles. The van der Waals surface area contributed by atoms with E-state index in [1.165, 1.54) is 16.7 Å². The standard InChI is InChI=1S/C20H21NO2/c1-13-6-5-7-18(11-13)22-12-19-16(4)23-20(21-19)17-9-14(2)8-15(3)10-17/h5-11H,12H2,1-4H3. The molecule has 0 radical (unpaired) electrons.